The van der Waals surface area contributed by atoms with Gasteiger partial charge in [0.05, 0.1) is 13.0 Å². The van der Waals surface area contributed by atoms with Gasteiger partial charge < -0.3 is 10.1 Å². The topological polar surface area (TPSA) is 72.5 Å². The zero-order valence-corrected chi connectivity index (χ0v) is 17.5. The van der Waals surface area contributed by atoms with Crippen LogP contribution < -0.4 is 5.32 Å². The largest absolute Gasteiger partial charge is 0.453 e. The van der Waals surface area contributed by atoms with Crippen molar-refractivity contribution in [3.8, 4) is 11.1 Å². The predicted octanol–water partition coefficient (Wildman–Crippen LogP) is 4.63. The van der Waals surface area contributed by atoms with Gasteiger partial charge in [0, 0.05) is 16.9 Å². The number of carbonyl (C=O) groups is 3. The third-order valence-corrected chi connectivity index (χ3v) is 5.44. The smallest absolute Gasteiger partial charge is 0.307 e. The van der Waals surface area contributed by atoms with Gasteiger partial charge in [0.25, 0.3) is 5.91 Å². The van der Waals surface area contributed by atoms with Gasteiger partial charge in [-0.2, -0.15) is 0 Å². The van der Waals surface area contributed by atoms with Crippen LogP contribution >= 0.6 is 11.3 Å². The van der Waals surface area contributed by atoms with Crippen LogP contribution in [0, 0.1) is 0 Å². The van der Waals surface area contributed by atoms with Crippen LogP contribution in [0.15, 0.2) is 72.1 Å². The fraction of sp³-hybridized carbons (Fsp3) is 0.208. The number of benzene rings is 2. The van der Waals surface area contributed by atoms with E-state index < -0.39 is 12.1 Å². The van der Waals surface area contributed by atoms with Crippen LogP contribution in [0.5, 0.6) is 0 Å². The molecule has 0 aliphatic rings. The van der Waals surface area contributed by atoms with Crippen LogP contribution in [0.4, 0.5) is 0 Å². The number of ketones is 1. The lowest BCUT2D eigenvalue weighted by Gasteiger charge is -2.13. The highest BCUT2D eigenvalue weighted by atomic mass is 32.1. The molecule has 1 aromatic heterocycles. The zero-order valence-electron chi connectivity index (χ0n) is 16.7. The maximum Gasteiger partial charge on any atom is 0.307 e. The molecular formula is C24H23NO4S. The minimum atomic E-state index is -0.905. The normalized spacial score (nSPS) is 11.5. The summed E-state index contributed by atoms with van der Waals surface area (Å²) in [7, 11) is 0. The Bertz CT molecular complexity index is 982. The number of carbonyl (C=O) groups excluding carboxylic acids is 3. The molecule has 1 amide bonds. The maximum absolute atomic E-state index is 12.4. The van der Waals surface area contributed by atoms with E-state index in [0.29, 0.717) is 12.1 Å². The summed E-state index contributed by atoms with van der Waals surface area (Å²) < 4.78 is 5.15. The van der Waals surface area contributed by atoms with E-state index in [2.05, 4.69) is 5.32 Å². The molecule has 0 fully saturated rings. The quantitative estimate of drug-likeness (QED) is 0.404. The number of esters is 1. The van der Waals surface area contributed by atoms with Crippen molar-refractivity contribution in [3.63, 3.8) is 0 Å². The van der Waals surface area contributed by atoms with Gasteiger partial charge in [0.1, 0.15) is 0 Å². The Kier molecular flexibility index (Phi) is 7.51. The Balaban J connectivity index is 1.43. The molecule has 3 aromatic rings. The Morgan fingerprint density at radius 3 is 2.27 bits per heavy atom. The number of nitrogens with one attached hydrogen (secondary N) is 1. The van der Waals surface area contributed by atoms with Crippen molar-refractivity contribution in [2.24, 2.45) is 0 Å². The van der Waals surface area contributed by atoms with E-state index in [0.717, 1.165) is 16.0 Å². The molecule has 5 nitrogen and oxygen atoms in total. The van der Waals surface area contributed by atoms with E-state index in [4.69, 9.17) is 4.74 Å². The molecule has 0 spiro atoms. The Labute approximate surface area is 179 Å². The van der Waals surface area contributed by atoms with Crippen molar-refractivity contribution in [1.82, 2.24) is 5.32 Å². The lowest BCUT2D eigenvalue weighted by molar-refractivity contribution is -0.154. The van der Waals surface area contributed by atoms with E-state index in [1.54, 1.807) is 12.1 Å². The molecule has 0 aliphatic carbocycles. The molecule has 1 N–H and O–H groups in total. The average molecular weight is 422 g/mol. The number of thiophene rings is 1. The monoisotopic (exact) mass is 421 g/mol. The van der Waals surface area contributed by atoms with Gasteiger partial charge in [0.2, 0.25) is 0 Å². The number of hydrogen-bond acceptors (Lipinski definition) is 5. The standard InChI is InChI=1S/C24H23NO4S/c1-17(24(28)25-16-21-8-5-15-30-21)29-23(27)14-13-22(26)20-11-9-19(10-12-20)18-6-3-2-4-7-18/h2-12,15,17H,13-14,16H2,1H3,(H,25,28)/t17-/m0/s1. The summed E-state index contributed by atoms with van der Waals surface area (Å²) in [6.07, 6.45) is -0.938. The second-order valence-electron chi connectivity index (χ2n) is 6.80. The number of hydrogen-bond donors (Lipinski definition) is 1. The van der Waals surface area contributed by atoms with E-state index in [1.807, 2.05) is 60.0 Å². The fourth-order valence-corrected chi connectivity index (χ4v) is 3.52. The van der Waals surface area contributed by atoms with Gasteiger partial charge in [-0.15, -0.1) is 11.3 Å². The SMILES string of the molecule is C[C@H](OC(=O)CCC(=O)c1ccc(-c2ccccc2)cc1)C(=O)NCc1cccs1. The summed E-state index contributed by atoms with van der Waals surface area (Å²) >= 11 is 1.54. The molecule has 2 aromatic carbocycles. The van der Waals surface area contributed by atoms with Crippen LogP contribution in [0.2, 0.25) is 0 Å². The summed E-state index contributed by atoms with van der Waals surface area (Å²) in [5.74, 6) is -1.07. The lowest BCUT2D eigenvalue weighted by Crippen LogP contribution is -2.35. The summed E-state index contributed by atoms with van der Waals surface area (Å²) in [5, 5.41) is 4.65. The van der Waals surface area contributed by atoms with Gasteiger partial charge in [-0.05, 0) is 29.5 Å². The highest BCUT2D eigenvalue weighted by Crippen LogP contribution is 2.20. The number of Topliss-reactive ketones (excluding diaryl/α,β-unsaturated/α-hetero) is 1. The van der Waals surface area contributed by atoms with Crippen molar-refractivity contribution in [2.75, 3.05) is 0 Å². The Morgan fingerprint density at radius 1 is 0.900 bits per heavy atom. The summed E-state index contributed by atoms with van der Waals surface area (Å²) in [6, 6.07) is 21.0. The number of amides is 1. The average Bonchev–Trinajstić information content (AvgIpc) is 3.30. The predicted molar refractivity (Wildman–Crippen MR) is 117 cm³/mol. The van der Waals surface area contributed by atoms with Crippen molar-refractivity contribution in [2.45, 2.75) is 32.4 Å². The van der Waals surface area contributed by atoms with Crippen molar-refractivity contribution < 1.29 is 19.1 Å². The minimum Gasteiger partial charge on any atom is -0.453 e. The fourth-order valence-electron chi connectivity index (χ4n) is 2.88. The third-order valence-electron chi connectivity index (χ3n) is 4.56. The molecule has 0 unspecified atom stereocenters. The first-order valence-corrected chi connectivity index (χ1v) is 10.6. The molecular weight excluding hydrogens is 398 g/mol. The minimum absolute atomic E-state index is 0.0348. The molecule has 1 heterocycles. The Hall–Kier alpha value is -3.25. The van der Waals surface area contributed by atoms with Gasteiger partial charge >= 0.3 is 5.97 Å². The number of rotatable bonds is 9. The molecule has 1 atom stereocenters. The first kappa shape index (κ1) is 21.5. The molecule has 30 heavy (non-hydrogen) atoms. The van der Waals surface area contributed by atoms with Crippen LogP contribution in [0.3, 0.4) is 0 Å². The molecule has 0 radical (unpaired) electrons. The molecule has 0 aliphatic heterocycles. The molecule has 6 heteroatoms. The van der Waals surface area contributed by atoms with Crippen molar-refractivity contribution in [1.29, 1.82) is 0 Å². The highest BCUT2D eigenvalue weighted by molar-refractivity contribution is 7.09. The van der Waals surface area contributed by atoms with Crippen LogP contribution in [0.25, 0.3) is 11.1 Å². The maximum atomic E-state index is 12.4. The zero-order chi connectivity index (χ0) is 21.3. The van der Waals surface area contributed by atoms with E-state index >= 15 is 0 Å². The first-order chi connectivity index (χ1) is 14.5. The Morgan fingerprint density at radius 2 is 1.60 bits per heavy atom. The van der Waals surface area contributed by atoms with E-state index in [-0.39, 0.29) is 24.5 Å². The van der Waals surface area contributed by atoms with E-state index in [9.17, 15) is 14.4 Å². The van der Waals surface area contributed by atoms with Crippen molar-refractivity contribution in [3.05, 3.63) is 82.6 Å². The van der Waals surface area contributed by atoms with Gasteiger partial charge in [0.15, 0.2) is 11.9 Å². The van der Waals surface area contributed by atoms with Crippen LogP contribution in [-0.4, -0.2) is 23.8 Å². The van der Waals surface area contributed by atoms with E-state index in [1.165, 1.54) is 18.3 Å². The third kappa shape index (κ3) is 6.12. The van der Waals surface area contributed by atoms with Gasteiger partial charge in [-0.3, -0.25) is 14.4 Å². The first-order valence-electron chi connectivity index (χ1n) is 9.71. The van der Waals surface area contributed by atoms with Crippen LogP contribution in [0.1, 0.15) is 35.0 Å². The number of ether oxygens (including phenoxy) is 1. The molecule has 0 saturated carbocycles. The lowest BCUT2D eigenvalue weighted by atomic mass is 10.0. The molecule has 0 bridgehead atoms. The second kappa shape index (κ2) is 10.5. The summed E-state index contributed by atoms with van der Waals surface area (Å²) in [5.41, 5.74) is 2.64. The molecule has 0 saturated heterocycles. The highest BCUT2D eigenvalue weighted by Gasteiger charge is 2.18. The molecule has 154 valence electrons. The summed E-state index contributed by atoms with van der Waals surface area (Å²) in [6.45, 7) is 1.92. The van der Waals surface area contributed by atoms with Gasteiger partial charge in [-0.25, -0.2) is 0 Å². The second-order valence-corrected chi connectivity index (χ2v) is 7.83. The van der Waals surface area contributed by atoms with Crippen LogP contribution in [-0.2, 0) is 20.9 Å². The van der Waals surface area contributed by atoms with Gasteiger partial charge in [-0.1, -0.05) is 60.7 Å². The van der Waals surface area contributed by atoms with Crippen molar-refractivity contribution >= 4 is 29.0 Å². The molecule has 3 rings (SSSR count). The summed E-state index contributed by atoms with van der Waals surface area (Å²) in [4.78, 5) is 37.4.